The molecule has 1 saturated carbocycles. The largest absolute Gasteiger partial charge is 0.326 e. The van der Waals surface area contributed by atoms with Gasteiger partial charge in [-0.3, -0.25) is 4.90 Å². The molecule has 1 aromatic carbocycles. The first kappa shape index (κ1) is 12.6. The van der Waals surface area contributed by atoms with E-state index < -0.39 is 0 Å². The second-order valence-electron chi connectivity index (χ2n) is 5.39. The Hall–Kier alpha value is -0.450. The van der Waals surface area contributed by atoms with Crippen LogP contribution in [0.2, 0.25) is 0 Å². The maximum absolute atomic E-state index is 13.2. The summed E-state index contributed by atoms with van der Waals surface area (Å²) in [4.78, 5) is 2.52. The molecule has 2 atom stereocenters. The number of likely N-dealkylation sites (tertiary alicyclic amines) is 1. The lowest BCUT2D eigenvalue weighted by molar-refractivity contribution is 0.119. The van der Waals surface area contributed by atoms with E-state index >= 15 is 0 Å². The average Bonchev–Trinajstić information content (AvgIpc) is 3.14. The van der Waals surface area contributed by atoms with E-state index in [0.29, 0.717) is 6.04 Å². The molecule has 2 aliphatic rings. The van der Waals surface area contributed by atoms with E-state index in [9.17, 15) is 4.39 Å². The quantitative estimate of drug-likeness (QED) is 0.908. The van der Waals surface area contributed by atoms with Crippen LogP contribution in [-0.4, -0.2) is 23.5 Å². The van der Waals surface area contributed by atoms with Gasteiger partial charge in [0.25, 0.3) is 0 Å². The number of rotatable bonds is 2. The molecule has 1 aliphatic carbocycles. The molecule has 1 heterocycles. The first-order chi connectivity index (χ1) is 8.66. The molecule has 4 heteroatoms. The van der Waals surface area contributed by atoms with Crippen molar-refractivity contribution in [2.75, 3.05) is 6.54 Å². The van der Waals surface area contributed by atoms with Gasteiger partial charge < -0.3 is 5.73 Å². The Bertz CT molecular complexity index is 447. The highest BCUT2D eigenvalue weighted by molar-refractivity contribution is 9.10. The zero-order valence-corrected chi connectivity index (χ0v) is 11.9. The maximum Gasteiger partial charge on any atom is 0.124 e. The molecule has 0 bridgehead atoms. The highest BCUT2D eigenvalue weighted by Gasteiger charge is 2.39. The number of nitrogens with zero attached hydrogens (tertiary/aromatic N) is 1. The van der Waals surface area contributed by atoms with Crippen molar-refractivity contribution in [2.45, 2.75) is 43.8 Å². The fraction of sp³-hybridized carbons (Fsp3) is 0.571. The summed E-state index contributed by atoms with van der Waals surface area (Å²) in [5, 5.41) is 0. The van der Waals surface area contributed by atoms with Gasteiger partial charge in [-0.2, -0.15) is 0 Å². The second-order valence-corrected chi connectivity index (χ2v) is 6.24. The van der Waals surface area contributed by atoms with Crippen molar-refractivity contribution >= 4 is 15.9 Å². The molecule has 0 spiro atoms. The van der Waals surface area contributed by atoms with Gasteiger partial charge in [-0.1, -0.05) is 22.0 Å². The van der Waals surface area contributed by atoms with E-state index in [-0.39, 0.29) is 17.9 Å². The van der Waals surface area contributed by atoms with Crippen LogP contribution < -0.4 is 5.73 Å². The van der Waals surface area contributed by atoms with Gasteiger partial charge in [-0.05, 0) is 49.9 Å². The van der Waals surface area contributed by atoms with Crippen LogP contribution in [0.15, 0.2) is 22.7 Å². The van der Waals surface area contributed by atoms with Gasteiger partial charge >= 0.3 is 0 Å². The molecule has 18 heavy (non-hydrogen) atoms. The van der Waals surface area contributed by atoms with E-state index in [1.165, 1.54) is 25.3 Å². The van der Waals surface area contributed by atoms with Gasteiger partial charge in [-0.25, -0.2) is 4.39 Å². The minimum atomic E-state index is -0.201. The summed E-state index contributed by atoms with van der Waals surface area (Å²) in [6.07, 6.45) is 4.79. The molecule has 1 saturated heterocycles. The van der Waals surface area contributed by atoms with E-state index in [1.807, 2.05) is 6.07 Å². The monoisotopic (exact) mass is 312 g/mol. The molecule has 1 aromatic rings. The van der Waals surface area contributed by atoms with Gasteiger partial charge in [0.15, 0.2) is 0 Å². The first-order valence-electron chi connectivity index (χ1n) is 6.63. The zero-order chi connectivity index (χ0) is 12.7. The number of hydrogen-bond donors (Lipinski definition) is 1. The van der Waals surface area contributed by atoms with Crippen molar-refractivity contribution in [1.29, 1.82) is 0 Å². The molecule has 2 fully saturated rings. The summed E-state index contributed by atoms with van der Waals surface area (Å²) in [6, 6.07) is 6.04. The molecule has 3 rings (SSSR count). The maximum atomic E-state index is 13.2. The number of benzene rings is 1. The summed E-state index contributed by atoms with van der Waals surface area (Å²) < 4.78 is 14.0. The topological polar surface area (TPSA) is 29.3 Å². The predicted octanol–water partition coefficient (Wildman–Crippen LogP) is 3.21. The third kappa shape index (κ3) is 2.33. The van der Waals surface area contributed by atoms with Crippen LogP contribution in [0, 0.1) is 5.82 Å². The highest BCUT2D eigenvalue weighted by atomic mass is 79.9. The molecular weight excluding hydrogens is 295 g/mol. The third-order valence-corrected chi connectivity index (χ3v) is 4.70. The van der Waals surface area contributed by atoms with Crippen LogP contribution in [0.25, 0.3) is 0 Å². The van der Waals surface area contributed by atoms with Crippen molar-refractivity contribution in [2.24, 2.45) is 5.73 Å². The standard InChI is InChI=1S/C14H18BrFN2/c15-12-8-9(16)3-6-11(12)14-13(17)2-1-7-18(14)10-4-5-10/h3,6,8,10,13-14H,1-2,4-5,7,17H2. The van der Waals surface area contributed by atoms with Crippen molar-refractivity contribution < 1.29 is 4.39 Å². The van der Waals surface area contributed by atoms with Crippen molar-refractivity contribution in [3.8, 4) is 0 Å². The summed E-state index contributed by atoms with van der Waals surface area (Å²) >= 11 is 3.48. The third-order valence-electron chi connectivity index (χ3n) is 4.01. The Morgan fingerprint density at radius 3 is 2.72 bits per heavy atom. The number of nitrogens with two attached hydrogens (primary N) is 1. The average molecular weight is 313 g/mol. The molecule has 0 aromatic heterocycles. The molecule has 98 valence electrons. The summed E-state index contributed by atoms with van der Waals surface area (Å²) in [7, 11) is 0. The lowest BCUT2D eigenvalue weighted by Crippen LogP contribution is -2.46. The lowest BCUT2D eigenvalue weighted by atomic mass is 9.90. The Morgan fingerprint density at radius 1 is 1.28 bits per heavy atom. The molecule has 2 N–H and O–H groups in total. The van der Waals surface area contributed by atoms with Crippen LogP contribution >= 0.6 is 15.9 Å². The minimum absolute atomic E-state index is 0.154. The predicted molar refractivity (Wildman–Crippen MR) is 73.8 cm³/mol. The van der Waals surface area contributed by atoms with Crippen LogP contribution in [0.1, 0.15) is 37.3 Å². The summed E-state index contributed by atoms with van der Waals surface area (Å²) in [5.41, 5.74) is 7.45. The van der Waals surface area contributed by atoms with Crippen LogP contribution in [0.4, 0.5) is 4.39 Å². The summed E-state index contributed by atoms with van der Waals surface area (Å²) in [5.74, 6) is -0.201. The smallest absolute Gasteiger partial charge is 0.124 e. The highest BCUT2D eigenvalue weighted by Crippen LogP contribution is 2.41. The molecule has 2 nitrogen and oxygen atoms in total. The molecule has 1 aliphatic heterocycles. The fourth-order valence-electron chi connectivity index (χ4n) is 3.02. The number of piperidine rings is 1. The molecule has 0 amide bonds. The Labute approximate surface area is 115 Å². The van der Waals surface area contributed by atoms with Crippen molar-refractivity contribution in [1.82, 2.24) is 4.90 Å². The van der Waals surface area contributed by atoms with Crippen LogP contribution in [0.5, 0.6) is 0 Å². The Kier molecular flexibility index (Phi) is 3.43. The Balaban J connectivity index is 1.94. The van der Waals surface area contributed by atoms with Gasteiger partial charge in [0.1, 0.15) is 5.82 Å². The molecule has 0 radical (unpaired) electrons. The molecule has 2 unspecified atom stereocenters. The lowest BCUT2D eigenvalue weighted by Gasteiger charge is -2.40. The zero-order valence-electron chi connectivity index (χ0n) is 10.3. The number of halogens is 2. The van der Waals surface area contributed by atoms with Crippen LogP contribution in [0.3, 0.4) is 0 Å². The normalized spacial score (nSPS) is 29.5. The molecular formula is C14H18BrFN2. The first-order valence-corrected chi connectivity index (χ1v) is 7.42. The van der Waals surface area contributed by atoms with Gasteiger partial charge in [0, 0.05) is 16.6 Å². The second kappa shape index (κ2) is 4.91. The van der Waals surface area contributed by atoms with Gasteiger partial charge in [0.05, 0.1) is 6.04 Å². The SMILES string of the molecule is NC1CCCN(C2CC2)C1c1ccc(F)cc1Br. The van der Waals surface area contributed by atoms with Gasteiger partial charge in [0.2, 0.25) is 0 Å². The van der Waals surface area contributed by atoms with E-state index in [1.54, 1.807) is 6.07 Å². The van der Waals surface area contributed by atoms with Crippen molar-refractivity contribution in [3.63, 3.8) is 0 Å². The minimum Gasteiger partial charge on any atom is -0.326 e. The van der Waals surface area contributed by atoms with E-state index in [2.05, 4.69) is 20.8 Å². The van der Waals surface area contributed by atoms with Gasteiger partial charge in [-0.15, -0.1) is 0 Å². The van der Waals surface area contributed by atoms with E-state index in [0.717, 1.165) is 23.0 Å². The van der Waals surface area contributed by atoms with E-state index in [4.69, 9.17) is 5.73 Å². The summed E-state index contributed by atoms with van der Waals surface area (Å²) in [6.45, 7) is 1.12. The van der Waals surface area contributed by atoms with Crippen molar-refractivity contribution in [3.05, 3.63) is 34.1 Å². The number of hydrogen-bond acceptors (Lipinski definition) is 2. The fourth-order valence-corrected chi connectivity index (χ4v) is 3.60. The Morgan fingerprint density at radius 2 is 2.06 bits per heavy atom. The van der Waals surface area contributed by atoms with Crippen LogP contribution in [-0.2, 0) is 0 Å².